The zero-order valence-corrected chi connectivity index (χ0v) is 12.9. The Labute approximate surface area is 131 Å². The monoisotopic (exact) mass is 346 g/mol. The lowest BCUT2D eigenvalue weighted by Crippen LogP contribution is -2.35. The van der Waals surface area contributed by atoms with Crippen LogP contribution in [0.3, 0.4) is 0 Å². The zero-order valence-electron chi connectivity index (χ0n) is 11.3. The minimum absolute atomic E-state index is 0.0228. The number of ether oxygens (including phenoxy) is 1. The van der Waals surface area contributed by atoms with E-state index in [1.807, 2.05) is 48.5 Å². The van der Waals surface area contributed by atoms with Crippen LogP contribution in [0.2, 0.25) is 0 Å². The molecule has 1 aliphatic rings. The number of anilines is 1. The van der Waals surface area contributed by atoms with Crippen LogP contribution in [0.15, 0.2) is 53.0 Å². The molecule has 0 saturated heterocycles. The van der Waals surface area contributed by atoms with Crippen LogP contribution in [-0.2, 0) is 0 Å². The highest BCUT2D eigenvalue weighted by Gasteiger charge is 2.22. The van der Waals surface area contributed by atoms with E-state index < -0.39 is 0 Å². The number of carbonyl (C=O) groups is 1. The van der Waals surface area contributed by atoms with Crippen molar-refractivity contribution >= 4 is 27.6 Å². The quantitative estimate of drug-likeness (QED) is 0.860. The van der Waals surface area contributed by atoms with Gasteiger partial charge in [-0.2, -0.15) is 0 Å². The largest absolute Gasteiger partial charge is 0.493 e. The highest BCUT2D eigenvalue weighted by Crippen LogP contribution is 2.31. The van der Waals surface area contributed by atoms with Crippen molar-refractivity contribution in [1.29, 1.82) is 0 Å². The van der Waals surface area contributed by atoms with E-state index in [1.54, 1.807) is 0 Å². The second-order valence-corrected chi connectivity index (χ2v) is 5.75. The van der Waals surface area contributed by atoms with Crippen molar-refractivity contribution in [2.24, 2.45) is 0 Å². The first-order valence-corrected chi connectivity index (χ1v) is 7.56. The molecule has 3 rings (SSSR count). The van der Waals surface area contributed by atoms with Crippen LogP contribution in [0.1, 0.15) is 18.0 Å². The summed E-state index contributed by atoms with van der Waals surface area (Å²) in [5.74, 6) is 0.845. The standard InChI is InChI=1S/C16H15BrN2O2/c17-11-5-7-12(8-6-11)18-16(20)19-14-9-10-21-15-4-2-1-3-13(14)15/h1-8,14H,9-10H2,(H2,18,19,20). The van der Waals surface area contributed by atoms with Gasteiger partial charge in [-0.15, -0.1) is 0 Å². The van der Waals surface area contributed by atoms with Crippen LogP contribution in [0.5, 0.6) is 5.75 Å². The Hall–Kier alpha value is -2.01. The molecule has 21 heavy (non-hydrogen) atoms. The van der Waals surface area contributed by atoms with Crippen LogP contribution >= 0.6 is 15.9 Å². The molecule has 2 amide bonds. The highest BCUT2D eigenvalue weighted by molar-refractivity contribution is 9.10. The van der Waals surface area contributed by atoms with Crippen molar-refractivity contribution in [1.82, 2.24) is 5.32 Å². The van der Waals surface area contributed by atoms with Crippen molar-refractivity contribution in [2.75, 3.05) is 11.9 Å². The predicted molar refractivity (Wildman–Crippen MR) is 85.6 cm³/mol. The molecule has 1 unspecified atom stereocenters. The molecule has 0 spiro atoms. The Kier molecular flexibility index (Phi) is 4.10. The van der Waals surface area contributed by atoms with Crippen LogP contribution in [0.4, 0.5) is 10.5 Å². The Morgan fingerprint density at radius 1 is 1.14 bits per heavy atom. The van der Waals surface area contributed by atoms with E-state index in [0.717, 1.165) is 27.9 Å². The number of para-hydroxylation sites is 1. The molecule has 5 heteroatoms. The lowest BCUT2D eigenvalue weighted by atomic mass is 10.0. The molecule has 0 aromatic heterocycles. The molecule has 1 atom stereocenters. The van der Waals surface area contributed by atoms with Crippen LogP contribution < -0.4 is 15.4 Å². The van der Waals surface area contributed by atoms with Gasteiger partial charge in [-0.25, -0.2) is 4.79 Å². The van der Waals surface area contributed by atoms with Gasteiger partial charge in [0.1, 0.15) is 5.75 Å². The third-order valence-corrected chi connectivity index (χ3v) is 3.89. The molecule has 4 nitrogen and oxygen atoms in total. The molecule has 1 heterocycles. The van der Waals surface area contributed by atoms with Crippen molar-refractivity contribution in [2.45, 2.75) is 12.5 Å². The summed E-state index contributed by atoms with van der Waals surface area (Å²) in [6, 6.07) is 15.0. The Morgan fingerprint density at radius 3 is 2.71 bits per heavy atom. The second kappa shape index (κ2) is 6.18. The lowest BCUT2D eigenvalue weighted by molar-refractivity contribution is 0.232. The van der Waals surface area contributed by atoms with E-state index in [2.05, 4.69) is 26.6 Å². The SMILES string of the molecule is O=C(Nc1ccc(Br)cc1)NC1CCOc2ccccc21. The van der Waals surface area contributed by atoms with Gasteiger partial charge in [0.15, 0.2) is 0 Å². The molecule has 1 aliphatic heterocycles. The predicted octanol–water partition coefficient (Wildman–Crippen LogP) is 4.09. The first-order chi connectivity index (χ1) is 10.2. The molecule has 108 valence electrons. The first-order valence-electron chi connectivity index (χ1n) is 6.77. The van der Waals surface area contributed by atoms with E-state index >= 15 is 0 Å². The van der Waals surface area contributed by atoms with Gasteiger partial charge < -0.3 is 15.4 Å². The summed E-state index contributed by atoms with van der Waals surface area (Å²) in [5, 5.41) is 5.83. The number of amides is 2. The minimum Gasteiger partial charge on any atom is -0.493 e. The number of hydrogen-bond acceptors (Lipinski definition) is 2. The van der Waals surface area contributed by atoms with Crippen LogP contribution in [0.25, 0.3) is 0 Å². The van der Waals surface area contributed by atoms with Gasteiger partial charge in [-0.1, -0.05) is 34.1 Å². The maximum atomic E-state index is 12.1. The van der Waals surface area contributed by atoms with Crippen LogP contribution in [-0.4, -0.2) is 12.6 Å². The second-order valence-electron chi connectivity index (χ2n) is 4.83. The number of benzene rings is 2. The van der Waals surface area contributed by atoms with E-state index in [0.29, 0.717) is 6.61 Å². The average Bonchev–Trinajstić information content (AvgIpc) is 2.50. The smallest absolute Gasteiger partial charge is 0.319 e. The third-order valence-electron chi connectivity index (χ3n) is 3.37. The maximum absolute atomic E-state index is 12.1. The number of carbonyl (C=O) groups excluding carboxylic acids is 1. The van der Waals surface area contributed by atoms with Crippen molar-refractivity contribution in [3.8, 4) is 5.75 Å². The average molecular weight is 347 g/mol. The fourth-order valence-electron chi connectivity index (χ4n) is 2.35. The van der Waals surface area contributed by atoms with E-state index in [9.17, 15) is 4.79 Å². The number of urea groups is 1. The molecule has 0 bridgehead atoms. The van der Waals surface area contributed by atoms with Crippen molar-refractivity contribution < 1.29 is 9.53 Å². The molecular formula is C16H15BrN2O2. The minimum atomic E-state index is -0.209. The molecule has 2 N–H and O–H groups in total. The molecule has 0 aliphatic carbocycles. The summed E-state index contributed by atoms with van der Waals surface area (Å²) in [7, 11) is 0. The summed E-state index contributed by atoms with van der Waals surface area (Å²) in [5.41, 5.74) is 1.78. The van der Waals surface area contributed by atoms with Crippen molar-refractivity contribution in [3.63, 3.8) is 0 Å². The summed E-state index contributed by atoms with van der Waals surface area (Å²) in [4.78, 5) is 12.1. The van der Waals surface area contributed by atoms with Gasteiger partial charge in [0, 0.05) is 22.1 Å². The van der Waals surface area contributed by atoms with E-state index in [-0.39, 0.29) is 12.1 Å². The van der Waals surface area contributed by atoms with E-state index in [4.69, 9.17) is 4.74 Å². The van der Waals surface area contributed by atoms with Gasteiger partial charge in [0.2, 0.25) is 0 Å². The number of fused-ring (bicyclic) bond motifs is 1. The lowest BCUT2D eigenvalue weighted by Gasteiger charge is -2.26. The Balaban J connectivity index is 1.67. The maximum Gasteiger partial charge on any atom is 0.319 e. The number of nitrogens with one attached hydrogen (secondary N) is 2. The molecule has 0 fully saturated rings. The van der Waals surface area contributed by atoms with Gasteiger partial charge in [-0.3, -0.25) is 0 Å². The zero-order chi connectivity index (χ0) is 14.7. The molecule has 2 aromatic rings. The van der Waals surface area contributed by atoms with Gasteiger partial charge >= 0.3 is 6.03 Å². The van der Waals surface area contributed by atoms with Gasteiger partial charge in [0.25, 0.3) is 0 Å². The first kappa shape index (κ1) is 13.9. The summed E-state index contributed by atoms with van der Waals surface area (Å²) < 4.78 is 6.57. The highest BCUT2D eigenvalue weighted by atomic mass is 79.9. The Bertz CT molecular complexity index is 643. The molecule has 2 aromatic carbocycles. The fraction of sp³-hybridized carbons (Fsp3) is 0.188. The summed E-state index contributed by atoms with van der Waals surface area (Å²) in [6.07, 6.45) is 0.769. The van der Waals surface area contributed by atoms with Gasteiger partial charge in [-0.05, 0) is 30.3 Å². The van der Waals surface area contributed by atoms with Gasteiger partial charge in [0.05, 0.1) is 12.6 Å². The van der Waals surface area contributed by atoms with Crippen LogP contribution in [0, 0.1) is 0 Å². The Morgan fingerprint density at radius 2 is 1.90 bits per heavy atom. The third kappa shape index (κ3) is 3.36. The molecule has 0 saturated carbocycles. The normalized spacial score (nSPS) is 16.5. The number of hydrogen-bond donors (Lipinski definition) is 2. The summed E-state index contributed by atoms with van der Waals surface area (Å²) >= 11 is 3.37. The topological polar surface area (TPSA) is 50.4 Å². The molecule has 0 radical (unpaired) electrons. The fourth-order valence-corrected chi connectivity index (χ4v) is 2.61. The van der Waals surface area contributed by atoms with Crippen molar-refractivity contribution in [3.05, 3.63) is 58.6 Å². The number of rotatable bonds is 2. The molecular weight excluding hydrogens is 332 g/mol. The summed E-state index contributed by atoms with van der Waals surface area (Å²) in [6.45, 7) is 0.611. The van der Waals surface area contributed by atoms with E-state index in [1.165, 1.54) is 0 Å². The number of halogens is 1.